The van der Waals surface area contributed by atoms with E-state index in [2.05, 4.69) is 29.5 Å². The van der Waals surface area contributed by atoms with E-state index < -0.39 is 36.0 Å². The van der Waals surface area contributed by atoms with E-state index in [1.807, 2.05) is 24.3 Å². The van der Waals surface area contributed by atoms with Crippen LogP contribution in [0.15, 0.2) is 24.3 Å². The number of carbonyl (C=O) groups excluding carboxylic acids is 5. The third-order valence-electron chi connectivity index (χ3n) is 8.74. The molecule has 0 spiro atoms. The number of para-hydroxylation sites is 1. The van der Waals surface area contributed by atoms with E-state index in [0.29, 0.717) is 31.4 Å². The summed E-state index contributed by atoms with van der Waals surface area (Å²) < 4.78 is 6.07. The van der Waals surface area contributed by atoms with Gasteiger partial charge in [-0.1, -0.05) is 26.0 Å². The fourth-order valence-corrected chi connectivity index (χ4v) is 7.43. The van der Waals surface area contributed by atoms with Gasteiger partial charge in [0.25, 0.3) is 5.91 Å². The SMILES string of the molecule is CC1(C)[C@@H]2[C@@H](C(=O)N[C@@H](C[C@@H]3CCNC3=O)C(=O)c3nc4ccccc4s3)N(C(=O)[C@H]3CCC(=O)O3)C[C@@H]21. The Morgan fingerprint density at radius 3 is 2.71 bits per heavy atom. The molecule has 0 bridgehead atoms. The number of aromatic nitrogens is 1. The van der Waals surface area contributed by atoms with Gasteiger partial charge in [0.2, 0.25) is 17.6 Å². The summed E-state index contributed by atoms with van der Waals surface area (Å²) in [6, 6.07) is 5.70. The number of nitrogens with one attached hydrogen (secondary N) is 2. The van der Waals surface area contributed by atoms with Gasteiger partial charge in [-0.15, -0.1) is 11.3 Å². The molecular formula is C27H30N4O6S. The molecule has 4 aliphatic rings. The molecule has 2 aromatic rings. The summed E-state index contributed by atoms with van der Waals surface area (Å²) in [6.07, 6.45) is 0.348. The number of carbonyl (C=O) groups is 5. The first-order valence-electron chi connectivity index (χ1n) is 13.1. The van der Waals surface area contributed by atoms with Crippen LogP contribution in [0.1, 0.15) is 49.3 Å². The number of cyclic esters (lactones) is 1. The molecule has 3 amide bonds. The highest BCUT2D eigenvalue weighted by atomic mass is 32.1. The molecule has 0 radical (unpaired) electrons. The van der Waals surface area contributed by atoms with Crippen molar-refractivity contribution in [1.82, 2.24) is 20.5 Å². The molecule has 3 aliphatic heterocycles. The number of amides is 3. The van der Waals surface area contributed by atoms with Crippen molar-refractivity contribution in [2.24, 2.45) is 23.2 Å². The molecule has 0 unspecified atom stereocenters. The van der Waals surface area contributed by atoms with Crippen molar-refractivity contribution in [3.05, 3.63) is 29.3 Å². The van der Waals surface area contributed by atoms with Gasteiger partial charge in [0, 0.05) is 31.8 Å². The highest BCUT2D eigenvalue weighted by Gasteiger charge is 2.69. The Morgan fingerprint density at radius 2 is 2.03 bits per heavy atom. The number of benzene rings is 1. The van der Waals surface area contributed by atoms with Gasteiger partial charge in [0.05, 0.1) is 16.3 Å². The van der Waals surface area contributed by atoms with Crippen LogP contribution in [-0.2, 0) is 23.9 Å². The fourth-order valence-electron chi connectivity index (χ4n) is 6.47. The number of ether oxygens (including phenoxy) is 1. The zero-order valence-electron chi connectivity index (χ0n) is 21.3. The molecule has 1 saturated carbocycles. The quantitative estimate of drug-likeness (QED) is 0.405. The zero-order chi connectivity index (χ0) is 26.8. The third-order valence-corrected chi connectivity index (χ3v) is 9.79. The maximum absolute atomic E-state index is 13.9. The lowest BCUT2D eigenvalue weighted by molar-refractivity contribution is -0.155. The minimum Gasteiger partial charge on any atom is -0.452 e. The normalized spacial score (nSPS) is 30.1. The summed E-state index contributed by atoms with van der Waals surface area (Å²) >= 11 is 1.26. The number of nitrogens with zero attached hydrogens (tertiary/aromatic N) is 2. The van der Waals surface area contributed by atoms with E-state index in [0.717, 1.165) is 4.70 Å². The maximum atomic E-state index is 13.9. The minimum absolute atomic E-state index is 0.0588. The van der Waals surface area contributed by atoms with Gasteiger partial charge in [-0.3, -0.25) is 24.0 Å². The van der Waals surface area contributed by atoms with Crippen molar-refractivity contribution >= 4 is 51.0 Å². The Morgan fingerprint density at radius 1 is 1.24 bits per heavy atom. The molecule has 2 N–H and O–H groups in total. The molecule has 38 heavy (non-hydrogen) atoms. The highest BCUT2D eigenvalue weighted by molar-refractivity contribution is 7.20. The Hall–Kier alpha value is -3.34. The Kier molecular flexibility index (Phi) is 6.01. The molecule has 4 fully saturated rings. The highest BCUT2D eigenvalue weighted by Crippen LogP contribution is 2.65. The van der Waals surface area contributed by atoms with Crippen molar-refractivity contribution in [3.8, 4) is 0 Å². The van der Waals surface area contributed by atoms with Gasteiger partial charge in [-0.05, 0) is 42.2 Å². The van der Waals surface area contributed by atoms with Gasteiger partial charge in [0.1, 0.15) is 6.04 Å². The standard InChI is InChI=1S/C27H30N4O6S/c1-27(2)14-12-31(26(36)17-7-8-19(32)37-17)21(20(14)27)24(35)29-16(11-13-9-10-28-23(13)34)22(33)25-30-15-5-3-4-6-18(15)38-25/h3-6,13-14,16-17,20-21H,7-12H2,1-2H3,(H,28,34)(H,29,35)/t13-,14-,16-,17+,20-,21-/m0/s1. The first-order valence-corrected chi connectivity index (χ1v) is 13.9. The Labute approximate surface area is 223 Å². The van der Waals surface area contributed by atoms with Gasteiger partial charge in [-0.25, -0.2) is 4.98 Å². The average Bonchev–Trinajstić information content (AvgIpc) is 3.53. The van der Waals surface area contributed by atoms with E-state index in [4.69, 9.17) is 4.74 Å². The van der Waals surface area contributed by atoms with Gasteiger partial charge < -0.3 is 20.3 Å². The third kappa shape index (κ3) is 4.16. The molecule has 11 heteroatoms. The molecule has 4 heterocycles. The second-order valence-electron chi connectivity index (χ2n) is 11.3. The number of likely N-dealkylation sites (tertiary alicyclic amines) is 1. The monoisotopic (exact) mass is 538 g/mol. The van der Waals surface area contributed by atoms with Crippen LogP contribution < -0.4 is 10.6 Å². The number of piperidine rings is 1. The van der Waals surface area contributed by atoms with Crippen LogP contribution in [0.5, 0.6) is 0 Å². The van der Waals surface area contributed by atoms with Crippen LogP contribution in [-0.4, -0.2) is 70.6 Å². The molecule has 200 valence electrons. The lowest BCUT2D eigenvalue weighted by Crippen LogP contribution is -2.55. The predicted octanol–water partition coefficient (Wildman–Crippen LogP) is 1.68. The number of hydrogen-bond acceptors (Lipinski definition) is 8. The summed E-state index contributed by atoms with van der Waals surface area (Å²) in [7, 11) is 0. The molecule has 6 atom stereocenters. The lowest BCUT2D eigenvalue weighted by Gasteiger charge is -2.32. The fraction of sp³-hybridized carbons (Fsp3) is 0.556. The van der Waals surface area contributed by atoms with Crippen molar-refractivity contribution in [2.75, 3.05) is 13.1 Å². The number of fused-ring (bicyclic) bond motifs is 2. The van der Waals surface area contributed by atoms with Crippen LogP contribution in [0.2, 0.25) is 0 Å². The number of thiazole rings is 1. The lowest BCUT2D eigenvalue weighted by atomic mass is 9.94. The average molecular weight is 539 g/mol. The van der Waals surface area contributed by atoms with Crippen molar-refractivity contribution in [1.29, 1.82) is 0 Å². The van der Waals surface area contributed by atoms with Crippen LogP contribution in [0.4, 0.5) is 0 Å². The van der Waals surface area contributed by atoms with Crippen molar-refractivity contribution < 1.29 is 28.7 Å². The first-order chi connectivity index (χ1) is 18.1. The second kappa shape index (κ2) is 9.14. The van der Waals surface area contributed by atoms with Gasteiger partial charge in [-0.2, -0.15) is 0 Å². The Bertz CT molecular complexity index is 1320. The van der Waals surface area contributed by atoms with E-state index >= 15 is 0 Å². The summed E-state index contributed by atoms with van der Waals surface area (Å²) in [5.74, 6) is -1.97. The topological polar surface area (TPSA) is 135 Å². The number of rotatable bonds is 7. The minimum atomic E-state index is -0.959. The molecule has 1 aliphatic carbocycles. The maximum Gasteiger partial charge on any atom is 0.306 e. The molecule has 1 aromatic carbocycles. The smallest absolute Gasteiger partial charge is 0.306 e. The summed E-state index contributed by atoms with van der Waals surface area (Å²) in [6.45, 7) is 5.09. The molecule has 1 aromatic heterocycles. The van der Waals surface area contributed by atoms with Gasteiger partial charge >= 0.3 is 5.97 Å². The van der Waals surface area contributed by atoms with Gasteiger partial charge in [0.15, 0.2) is 11.1 Å². The largest absolute Gasteiger partial charge is 0.452 e. The molecule has 10 nitrogen and oxygen atoms in total. The van der Waals surface area contributed by atoms with E-state index in [1.54, 1.807) is 0 Å². The number of Topliss-reactive ketones (excluding diaryl/α,β-unsaturated/α-hetero) is 1. The summed E-state index contributed by atoms with van der Waals surface area (Å²) in [4.78, 5) is 70.9. The van der Waals surface area contributed by atoms with Crippen molar-refractivity contribution in [2.45, 2.75) is 57.7 Å². The van der Waals surface area contributed by atoms with E-state index in [-0.39, 0.29) is 52.7 Å². The van der Waals surface area contributed by atoms with Crippen LogP contribution >= 0.6 is 11.3 Å². The van der Waals surface area contributed by atoms with Crippen LogP contribution in [0.3, 0.4) is 0 Å². The number of esters is 1. The van der Waals surface area contributed by atoms with E-state index in [9.17, 15) is 24.0 Å². The number of hydrogen-bond donors (Lipinski definition) is 2. The second-order valence-corrected chi connectivity index (χ2v) is 12.4. The molecule has 6 rings (SSSR count). The summed E-state index contributed by atoms with van der Waals surface area (Å²) in [5.41, 5.74) is 0.578. The molecular weight excluding hydrogens is 508 g/mol. The predicted molar refractivity (Wildman–Crippen MR) is 137 cm³/mol. The first kappa shape index (κ1) is 25.0. The zero-order valence-corrected chi connectivity index (χ0v) is 22.1. The van der Waals surface area contributed by atoms with E-state index in [1.165, 1.54) is 16.2 Å². The summed E-state index contributed by atoms with van der Waals surface area (Å²) in [5, 5.41) is 5.99. The van der Waals surface area contributed by atoms with Crippen LogP contribution in [0.25, 0.3) is 10.2 Å². The number of ketones is 1. The molecule has 3 saturated heterocycles. The van der Waals surface area contributed by atoms with Crippen LogP contribution in [0, 0.1) is 23.2 Å². The Balaban J connectivity index is 1.26. The van der Waals surface area contributed by atoms with Crippen molar-refractivity contribution in [3.63, 3.8) is 0 Å².